The van der Waals surface area contributed by atoms with Gasteiger partial charge in [-0.1, -0.05) is 6.07 Å². The molecule has 1 aromatic heterocycles. The van der Waals surface area contributed by atoms with Crippen LogP contribution in [0.2, 0.25) is 0 Å². The van der Waals surface area contributed by atoms with Crippen molar-refractivity contribution in [1.29, 1.82) is 0 Å². The Morgan fingerprint density at radius 3 is 2.77 bits per heavy atom. The highest BCUT2D eigenvalue weighted by Crippen LogP contribution is 2.25. The molecule has 0 amide bonds. The maximum Gasteiger partial charge on any atom is 0.137 e. The second kappa shape index (κ2) is 8.02. The molecule has 1 N–H and O–H groups in total. The fraction of sp³-hybridized carbons (Fsp3) is 0.312. The van der Waals surface area contributed by atoms with E-state index < -0.39 is 0 Å². The molecule has 1 aliphatic rings. The summed E-state index contributed by atoms with van der Waals surface area (Å²) in [5.74, 6) is -0.218. The van der Waals surface area contributed by atoms with Gasteiger partial charge < -0.3 is 5.32 Å². The van der Waals surface area contributed by atoms with Crippen LogP contribution in [0, 0.1) is 5.82 Å². The zero-order valence-electron chi connectivity index (χ0n) is 12.0. The smallest absolute Gasteiger partial charge is 0.137 e. The second-order valence-corrected chi connectivity index (χ2v) is 6.07. The molecule has 0 aliphatic carbocycles. The van der Waals surface area contributed by atoms with Crippen molar-refractivity contribution in [3.05, 3.63) is 64.1 Å². The third-order valence-electron chi connectivity index (χ3n) is 3.81. The number of halogens is 3. The molecule has 1 aliphatic heterocycles. The van der Waals surface area contributed by atoms with Crippen molar-refractivity contribution >= 4 is 28.3 Å². The van der Waals surface area contributed by atoms with Gasteiger partial charge in [0.1, 0.15) is 5.82 Å². The van der Waals surface area contributed by atoms with E-state index in [-0.39, 0.29) is 18.2 Å². The molecular weight excluding hydrogens is 369 g/mol. The highest BCUT2D eigenvalue weighted by molar-refractivity contribution is 9.10. The van der Waals surface area contributed by atoms with Gasteiger partial charge in [-0.05, 0) is 51.3 Å². The molecule has 1 unspecified atom stereocenters. The first-order chi connectivity index (χ1) is 10.2. The van der Waals surface area contributed by atoms with Gasteiger partial charge in [-0.2, -0.15) is 0 Å². The van der Waals surface area contributed by atoms with Crippen LogP contribution in [0.1, 0.15) is 17.2 Å². The summed E-state index contributed by atoms with van der Waals surface area (Å²) in [6.07, 6.45) is 3.66. The Hall–Kier alpha value is -1.01. The van der Waals surface area contributed by atoms with Crippen LogP contribution >= 0.6 is 28.3 Å². The van der Waals surface area contributed by atoms with Gasteiger partial charge in [0.25, 0.3) is 0 Å². The van der Waals surface area contributed by atoms with Crippen LogP contribution in [-0.2, 0) is 6.54 Å². The third-order valence-corrected chi connectivity index (χ3v) is 4.42. The van der Waals surface area contributed by atoms with E-state index in [1.165, 1.54) is 11.6 Å². The molecule has 0 saturated carbocycles. The van der Waals surface area contributed by atoms with E-state index >= 15 is 0 Å². The topological polar surface area (TPSA) is 28.2 Å². The van der Waals surface area contributed by atoms with Gasteiger partial charge in [0.2, 0.25) is 0 Å². The first-order valence-corrected chi connectivity index (χ1v) is 7.82. The van der Waals surface area contributed by atoms with E-state index in [1.54, 1.807) is 0 Å². The Kier molecular flexibility index (Phi) is 6.32. The van der Waals surface area contributed by atoms with E-state index in [1.807, 2.05) is 24.5 Å². The van der Waals surface area contributed by atoms with Crippen LogP contribution in [0.4, 0.5) is 4.39 Å². The number of piperazine rings is 1. The molecular formula is C16H18BrClFN3. The van der Waals surface area contributed by atoms with Gasteiger partial charge >= 0.3 is 0 Å². The van der Waals surface area contributed by atoms with E-state index in [0.29, 0.717) is 10.5 Å². The average Bonchev–Trinajstić information content (AvgIpc) is 2.52. The van der Waals surface area contributed by atoms with Gasteiger partial charge in [-0.3, -0.25) is 9.88 Å². The van der Waals surface area contributed by atoms with Crippen molar-refractivity contribution < 1.29 is 4.39 Å². The molecule has 0 bridgehead atoms. The lowest BCUT2D eigenvalue weighted by Gasteiger charge is -2.36. The molecule has 1 saturated heterocycles. The summed E-state index contributed by atoms with van der Waals surface area (Å²) in [5.41, 5.74) is 2.38. The lowest BCUT2D eigenvalue weighted by atomic mass is 10.0. The molecule has 1 aromatic carbocycles. The number of rotatable bonds is 3. The van der Waals surface area contributed by atoms with Crippen LogP contribution in [-0.4, -0.2) is 29.5 Å². The highest BCUT2D eigenvalue weighted by atomic mass is 79.9. The van der Waals surface area contributed by atoms with Crippen molar-refractivity contribution in [2.75, 3.05) is 19.6 Å². The van der Waals surface area contributed by atoms with E-state index in [2.05, 4.69) is 43.3 Å². The standard InChI is InChI=1S/C16H17BrFN3.ClH/c17-14-9-12(1-2-15(14)18)11-21-8-7-20-10-16(21)13-3-5-19-6-4-13;/h1-6,9,16,20H,7-8,10-11H2;1H. The molecule has 3 rings (SSSR count). The Balaban J connectivity index is 0.00000176. The number of hydrogen-bond acceptors (Lipinski definition) is 3. The summed E-state index contributed by atoms with van der Waals surface area (Å²) in [6.45, 7) is 3.69. The zero-order chi connectivity index (χ0) is 14.7. The van der Waals surface area contributed by atoms with Gasteiger partial charge in [0, 0.05) is 44.6 Å². The van der Waals surface area contributed by atoms with Crippen LogP contribution in [0.5, 0.6) is 0 Å². The van der Waals surface area contributed by atoms with Gasteiger partial charge in [-0.15, -0.1) is 12.4 Å². The Bertz CT molecular complexity index is 612. The zero-order valence-corrected chi connectivity index (χ0v) is 14.4. The number of benzene rings is 1. The van der Waals surface area contributed by atoms with E-state index in [9.17, 15) is 4.39 Å². The second-order valence-electron chi connectivity index (χ2n) is 5.22. The minimum Gasteiger partial charge on any atom is -0.314 e. The van der Waals surface area contributed by atoms with Crippen molar-refractivity contribution in [2.45, 2.75) is 12.6 Å². The van der Waals surface area contributed by atoms with Crippen LogP contribution in [0.25, 0.3) is 0 Å². The monoisotopic (exact) mass is 385 g/mol. The normalized spacial score (nSPS) is 18.7. The Labute approximate surface area is 144 Å². The molecule has 0 radical (unpaired) electrons. The van der Waals surface area contributed by atoms with Crippen LogP contribution in [0.15, 0.2) is 47.2 Å². The first-order valence-electron chi connectivity index (χ1n) is 7.02. The Morgan fingerprint density at radius 1 is 1.27 bits per heavy atom. The fourth-order valence-electron chi connectivity index (χ4n) is 2.72. The summed E-state index contributed by atoms with van der Waals surface area (Å²) in [6, 6.07) is 9.68. The number of pyridine rings is 1. The minimum atomic E-state index is -0.218. The number of nitrogens with one attached hydrogen (secondary N) is 1. The summed E-state index contributed by atoms with van der Waals surface area (Å²) < 4.78 is 13.9. The summed E-state index contributed by atoms with van der Waals surface area (Å²) in [4.78, 5) is 6.51. The van der Waals surface area contributed by atoms with Gasteiger partial charge in [0.05, 0.1) is 4.47 Å². The van der Waals surface area contributed by atoms with Gasteiger partial charge in [-0.25, -0.2) is 4.39 Å². The number of nitrogens with zero attached hydrogens (tertiary/aromatic N) is 2. The predicted octanol–water partition coefficient (Wildman–Crippen LogP) is 3.55. The van der Waals surface area contributed by atoms with Crippen molar-refractivity contribution in [3.8, 4) is 0 Å². The van der Waals surface area contributed by atoms with Gasteiger partial charge in [0.15, 0.2) is 0 Å². The first kappa shape index (κ1) is 17.3. The van der Waals surface area contributed by atoms with Crippen LogP contribution < -0.4 is 5.32 Å². The average molecular weight is 387 g/mol. The van der Waals surface area contributed by atoms with Crippen molar-refractivity contribution in [2.24, 2.45) is 0 Å². The number of aromatic nitrogens is 1. The number of hydrogen-bond donors (Lipinski definition) is 1. The lowest BCUT2D eigenvalue weighted by Crippen LogP contribution is -2.45. The molecule has 0 spiro atoms. The largest absolute Gasteiger partial charge is 0.314 e. The molecule has 6 heteroatoms. The fourth-order valence-corrected chi connectivity index (χ4v) is 3.15. The minimum absolute atomic E-state index is 0. The Morgan fingerprint density at radius 2 is 2.05 bits per heavy atom. The molecule has 1 atom stereocenters. The molecule has 3 nitrogen and oxygen atoms in total. The summed E-state index contributed by atoms with van der Waals surface area (Å²) in [7, 11) is 0. The lowest BCUT2D eigenvalue weighted by molar-refractivity contribution is 0.153. The van der Waals surface area contributed by atoms with E-state index in [0.717, 1.165) is 31.7 Å². The maximum absolute atomic E-state index is 13.3. The van der Waals surface area contributed by atoms with Crippen molar-refractivity contribution in [1.82, 2.24) is 15.2 Å². The van der Waals surface area contributed by atoms with Crippen molar-refractivity contribution in [3.63, 3.8) is 0 Å². The van der Waals surface area contributed by atoms with E-state index in [4.69, 9.17) is 0 Å². The highest BCUT2D eigenvalue weighted by Gasteiger charge is 2.23. The third kappa shape index (κ3) is 4.04. The molecule has 2 aromatic rings. The SMILES string of the molecule is Cl.Fc1ccc(CN2CCNCC2c2ccncc2)cc1Br. The summed E-state index contributed by atoms with van der Waals surface area (Å²) in [5, 5.41) is 3.44. The molecule has 1 fully saturated rings. The quantitative estimate of drug-likeness (QED) is 0.874. The predicted molar refractivity (Wildman–Crippen MR) is 91.6 cm³/mol. The maximum atomic E-state index is 13.3. The van der Waals surface area contributed by atoms with Crippen LogP contribution in [0.3, 0.4) is 0 Å². The molecule has 22 heavy (non-hydrogen) atoms. The molecule has 2 heterocycles. The molecule has 118 valence electrons. The summed E-state index contributed by atoms with van der Waals surface area (Å²) >= 11 is 3.26.